The molecule has 16 heavy (non-hydrogen) atoms. The van der Waals surface area contributed by atoms with Crippen LogP contribution in [-0.4, -0.2) is 22.6 Å². The zero-order valence-corrected chi connectivity index (χ0v) is 10.9. The zero-order chi connectivity index (χ0) is 12.1. The molecular formula is C12H24N4. The number of nitrogens with two attached hydrogens (primary N) is 1. The largest absolute Gasteiger partial charge is 0.382 e. The Hall–Kier alpha value is -1.19. The Labute approximate surface area is 98.2 Å². The summed E-state index contributed by atoms with van der Waals surface area (Å²) in [7, 11) is 0. The third-order valence-corrected chi connectivity index (χ3v) is 2.98. The number of aromatic amines is 1. The Kier molecular flexibility index (Phi) is 4.65. The number of hydrogen-bond donors (Lipinski definition) is 2. The highest BCUT2D eigenvalue weighted by Crippen LogP contribution is 2.23. The fourth-order valence-corrected chi connectivity index (χ4v) is 1.80. The average molecular weight is 224 g/mol. The topological polar surface area (TPSA) is 57.9 Å². The minimum atomic E-state index is 0.483. The number of rotatable bonds is 6. The number of H-pyrrole nitrogens is 1. The van der Waals surface area contributed by atoms with Crippen molar-refractivity contribution in [3.8, 4) is 0 Å². The molecule has 3 N–H and O–H groups in total. The molecule has 0 aromatic carbocycles. The van der Waals surface area contributed by atoms with E-state index in [-0.39, 0.29) is 0 Å². The molecule has 0 aliphatic carbocycles. The van der Waals surface area contributed by atoms with Crippen molar-refractivity contribution in [2.45, 2.75) is 53.0 Å². The van der Waals surface area contributed by atoms with Gasteiger partial charge in [0.1, 0.15) is 11.6 Å². The number of unbranched alkanes of at least 4 members (excludes halogenated alkanes) is 1. The number of hydrogen-bond acceptors (Lipinski definition) is 3. The van der Waals surface area contributed by atoms with E-state index in [1.165, 1.54) is 12.8 Å². The van der Waals surface area contributed by atoms with E-state index in [4.69, 9.17) is 5.73 Å². The standard InChI is InChI=1S/C12H24N4/c1-5-7-8-16(9(3)6-2)12-11(13)14-10(4)15-12/h9H,5-8,13H2,1-4H3,(H,14,15). The maximum Gasteiger partial charge on any atom is 0.171 e. The summed E-state index contributed by atoms with van der Waals surface area (Å²) in [5, 5.41) is 0. The summed E-state index contributed by atoms with van der Waals surface area (Å²) < 4.78 is 0. The molecule has 1 rings (SSSR count). The molecule has 0 fully saturated rings. The van der Waals surface area contributed by atoms with Crippen LogP contribution in [0, 0.1) is 6.92 Å². The van der Waals surface area contributed by atoms with E-state index < -0.39 is 0 Å². The van der Waals surface area contributed by atoms with Gasteiger partial charge in [0.2, 0.25) is 0 Å². The second-order valence-electron chi connectivity index (χ2n) is 4.36. The van der Waals surface area contributed by atoms with Crippen LogP contribution in [-0.2, 0) is 0 Å². The molecule has 0 bridgehead atoms. The molecule has 1 atom stereocenters. The van der Waals surface area contributed by atoms with Crippen LogP contribution in [0.5, 0.6) is 0 Å². The zero-order valence-electron chi connectivity index (χ0n) is 10.9. The molecule has 4 heteroatoms. The van der Waals surface area contributed by atoms with Gasteiger partial charge in [0.15, 0.2) is 5.82 Å². The Morgan fingerprint density at radius 2 is 2.12 bits per heavy atom. The molecule has 0 radical (unpaired) electrons. The molecule has 1 heterocycles. The molecule has 0 aliphatic rings. The van der Waals surface area contributed by atoms with E-state index in [9.17, 15) is 0 Å². The summed E-state index contributed by atoms with van der Waals surface area (Å²) in [6.45, 7) is 9.58. The van der Waals surface area contributed by atoms with Crippen molar-refractivity contribution >= 4 is 11.6 Å². The Morgan fingerprint density at radius 3 is 2.56 bits per heavy atom. The lowest BCUT2D eigenvalue weighted by Crippen LogP contribution is -2.34. The summed E-state index contributed by atoms with van der Waals surface area (Å²) in [5.74, 6) is 2.49. The maximum atomic E-state index is 5.95. The van der Waals surface area contributed by atoms with Gasteiger partial charge in [0.05, 0.1) is 0 Å². The molecule has 92 valence electrons. The predicted molar refractivity (Wildman–Crippen MR) is 69.7 cm³/mol. The number of anilines is 2. The Balaban J connectivity index is 2.86. The quantitative estimate of drug-likeness (QED) is 0.781. The third kappa shape index (κ3) is 2.90. The lowest BCUT2D eigenvalue weighted by molar-refractivity contribution is 0.591. The smallest absolute Gasteiger partial charge is 0.171 e. The molecular weight excluding hydrogens is 200 g/mol. The first-order chi connectivity index (χ1) is 7.60. The molecule has 0 saturated heterocycles. The summed E-state index contributed by atoms with van der Waals surface area (Å²) in [6.07, 6.45) is 3.47. The van der Waals surface area contributed by atoms with Gasteiger partial charge in [-0.1, -0.05) is 20.3 Å². The number of nitrogens with zero attached hydrogens (tertiary/aromatic N) is 2. The summed E-state index contributed by atoms with van der Waals surface area (Å²) >= 11 is 0. The average Bonchev–Trinajstić information content (AvgIpc) is 2.58. The van der Waals surface area contributed by atoms with Gasteiger partial charge >= 0.3 is 0 Å². The summed E-state index contributed by atoms with van der Waals surface area (Å²) in [4.78, 5) is 9.85. The van der Waals surface area contributed by atoms with Crippen LogP contribution in [0.4, 0.5) is 11.6 Å². The molecule has 1 aromatic rings. The molecule has 0 saturated carbocycles. The van der Waals surface area contributed by atoms with Crippen molar-refractivity contribution < 1.29 is 0 Å². The fraction of sp³-hybridized carbons (Fsp3) is 0.750. The van der Waals surface area contributed by atoms with Gasteiger partial charge in [0, 0.05) is 12.6 Å². The SMILES string of the molecule is CCCCN(c1nc(C)[nH]c1N)C(C)CC. The van der Waals surface area contributed by atoms with Crippen molar-refractivity contribution in [2.24, 2.45) is 0 Å². The van der Waals surface area contributed by atoms with E-state index in [2.05, 4.69) is 35.6 Å². The molecule has 1 aromatic heterocycles. The molecule has 1 unspecified atom stereocenters. The van der Waals surface area contributed by atoms with Crippen LogP contribution in [0.25, 0.3) is 0 Å². The van der Waals surface area contributed by atoms with E-state index in [1.807, 2.05) is 6.92 Å². The molecule has 0 aliphatic heterocycles. The molecule has 4 nitrogen and oxygen atoms in total. The highest BCUT2D eigenvalue weighted by atomic mass is 15.2. The molecule has 0 spiro atoms. The van der Waals surface area contributed by atoms with Gasteiger partial charge in [-0.3, -0.25) is 0 Å². The highest BCUT2D eigenvalue weighted by molar-refractivity contribution is 5.59. The summed E-state index contributed by atoms with van der Waals surface area (Å²) in [6, 6.07) is 0.483. The number of nitrogens with one attached hydrogen (secondary N) is 1. The van der Waals surface area contributed by atoms with E-state index >= 15 is 0 Å². The third-order valence-electron chi connectivity index (χ3n) is 2.98. The van der Waals surface area contributed by atoms with Gasteiger partial charge < -0.3 is 15.6 Å². The fourth-order valence-electron chi connectivity index (χ4n) is 1.80. The number of aromatic nitrogens is 2. The lowest BCUT2D eigenvalue weighted by atomic mass is 10.2. The van der Waals surface area contributed by atoms with E-state index in [0.29, 0.717) is 11.9 Å². The highest BCUT2D eigenvalue weighted by Gasteiger charge is 2.18. The van der Waals surface area contributed by atoms with Gasteiger partial charge in [-0.25, -0.2) is 4.98 Å². The first-order valence-corrected chi connectivity index (χ1v) is 6.18. The van der Waals surface area contributed by atoms with Gasteiger partial charge in [-0.15, -0.1) is 0 Å². The second kappa shape index (κ2) is 5.77. The molecule has 0 amide bonds. The minimum absolute atomic E-state index is 0.483. The van der Waals surface area contributed by atoms with Crippen LogP contribution >= 0.6 is 0 Å². The minimum Gasteiger partial charge on any atom is -0.382 e. The Bertz CT molecular complexity index is 319. The van der Waals surface area contributed by atoms with Crippen LogP contribution in [0.3, 0.4) is 0 Å². The number of imidazole rings is 1. The van der Waals surface area contributed by atoms with Crippen molar-refractivity contribution in [3.63, 3.8) is 0 Å². The van der Waals surface area contributed by atoms with Gasteiger partial charge in [0.25, 0.3) is 0 Å². The Morgan fingerprint density at radius 1 is 1.44 bits per heavy atom. The second-order valence-corrected chi connectivity index (χ2v) is 4.36. The first-order valence-electron chi connectivity index (χ1n) is 6.18. The lowest BCUT2D eigenvalue weighted by Gasteiger charge is -2.29. The van der Waals surface area contributed by atoms with Crippen molar-refractivity contribution in [1.29, 1.82) is 0 Å². The van der Waals surface area contributed by atoms with Crippen molar-refractivity contribution in [3.05, 3.63) is 5.82 Å². The monoisotopic (exact) mass is 224 g/mol. The number of aryl methyl sites for hydroxylation is 1. The normalized spacial score (nSPS) is 12.8. The van der Waals surface area contributed by atoms with Gasteiger partial charge in [-0.05, 0) is 26.7 Å². The van der Waals surface area contributed by atoms with Crippen LogP contribution in [0.15, 0.2) is 0 Å². The van der Waals surface area contributed by atoms with Crippen molar-refractivity contribution in [1.82, 2.24) is 9.97 Å². The number of nitrogen functional groups attached to an aromatic ring is 1. The van der Waals surface area contributed by atoms with Crippen LogP contribution in [0.2, 0.25) is 0 Å². The summed E-state index contributed by atoms with van der Waals surface area (Å²) in [5.41, 5.74) is 5.95. The first kappa shape index (κ1) is 12.9. The van der Waals surface area contributed by atoms with E-state index in [0.717, 1.165) is 24.6 Å². The van der Waals surface area contributed by atoms with Gasteiger partial charge in [-0.2, -0.15) is 0 Å². The van der Waals surface area contributed by atoms with Crippen molar-refractivity contribution in [2.75, 3.05) is 17.2 Å². The van der Waals surface area contributed by atoms with E-state index in [1.54, 1.807) is 0 Å². The predicted octanol–water partition coefficient (Wildman–Crippen LogP) is 2.71. The van der Waals surface area contributed by atoms with Crippen LogP contribution < -0.4 is 10.6 Å². The van der Waals surface area contributed by atoms with Crippen LogP contribution in [0.1, 0.15) is 45.9 Å². The maximum absolute atomic E-state index is 5.95.